The second kappa shape index (κ2) is 10.2. The largest absolute Gasteiger partial charge is 0.456 e. The first kappa shape index (κ1) is 21.8. The summed E-state index contributed by atoms with van der Waals surface area (Å²) in [5.74, 6) is -1.70. The zero-order chi connectivity index (χ0) is 20.7. The topological polar surface area (TPSA) is 120 Å². The summed E-state index contributed by atoms with van der Waals surface area (Å²) < 4.78 is 22.1. The monoisotopic (exact) mass is 395 g/mol. The molecule has 0 spiro atoms. The Bertz CT molecular complexity index is 680. The van der Waals surface area contributed by atoms with Crippen molar-refractivity contribution >= 4 is 17.8 Å². The molecule has 0 unspecified atom stereocenters. The first-order valence-electron chi connectivity index (χ1n) is 8.85. The van der Waals surface area contributed by atoms with Gasteiger partial charge < -0.3 is 29.4 Å². The Balaban J connectivity index is 2.29. The molecule has 1 saturated heterocycles. The molecule has 1 fully saturated rings. The van der Waals surface area contributed by atoms with Gasteiger partial charge in [-0.2, -0.15) is 0 Å². The van der Waals surface area contributed by atoms with Crippen LogP contribution in [0, 0.1) is 0 Å². The van der Waals surface area contributed by atoms with Gasteiger partial charge in [-0.1, -0.05) is 30.3 Å². The van der Waals surface area contributed by atoms with Gasteiger partial charge in [-0.15, -0.1) is 0 Å². The molecule has 1 heterocycles. The number of rotatable bonds is 7. The summed E-state index contributed by atoms with van der Waals surface area (Å²) >= 11 is 0. The number of carbonyl (C=O) groups excluding carboxylic acids is 3. The van der Waals surface area contributed by atoms with Gasteiger partial charge in [0, 0.05) is 20.8 Å². The Hall–Kier alpha value is -2.49. The number of carbonyl (C=O) groups is 3. The average molecular weight is 395 g/mol. The summed E-state index contributed by atoms with van der Waals surface area (Å²) in [6, 6.07) is 8.32. The van der Waals surface area contributed by atoms with Gasteiger partial charge in [0.25, 0.3) is 0 Å². The predicted octanol–water partition coefficient (Wildman–Crippen LogP) is 0.288. The molecule has 1 aromatic rings. The fourth-order valence-electron chi connectivity index (χ4n) is 3.00. The number of ether oxygens (including phenoxy) is 4. The number of hydrogen-bond acceptors (Lipinski definition) is 8. The minimum Gasteiger partial charge on any atom is -0.456 e. The lowest BCUT2D eigenvalue weighted by atomic mass is 9.96. The highest BCUT2D eigenvalue weighted by Gasteiger charge is 2.50. The molecule has 0 aliphatic carbocycles. The van der Waals surface area contributed by atoms with E-state index in [1.54, 1.807) is 0 Å². The summed E-state index contributed by atoms with van der Waals surface area (Å²) in [5.41, 5.74) is 0.861. The standard InChI is InChI=1S/C19H25NO8/c1-11(22)20-16-18(27-13(3)24)17(26-12(2)23)15(9-21)28-19(16)25-10-14-7-5-4-6-8-14/h4-8,15-19,21H,9-10H2,1-3H3,(H,20,22)/t15-,16-,17+,18+,19-/m0/s1. The van der Waals surface area contributed by atoms with Gasteiger partial charge in [0.1, 0.15) is 12.1 Å². The third-order valence-electron chi connectivity index (χ3n) is 4.06. The number of benzene rings is 1. The molecular weight excluding hydrogens is 370 g/mol. The SMILES string of the molecule is CC(=O)N[C@@H]1[C@@H](OCc2ccccc2)O[C@@H](CO)[C@@H](OC(C)=O)[C@@H]1OC(C)=O. The first-order chi connectivity index (χ1) is 13.3. The van der Waals surface area contributed by atoms with Crippen LogP contribution in [0.3, 0.4) is 0 Å². The third-order valence-corrected chi connectivity index (χ3v) is 4.06. The lowest BCUT2D eigenvalue weighted by molar-refractivity contribution is -0.279. The van der Waals surface area contributed by atoms with Crippen LogP contribution >= 0.6 is 0 Å². The van der Waals surface area contributed by atoms with E-state index in [1.165, 1.54) is 20.8 Å². The summed E-state index contributed by atoms with van der Waals surface area (Å²) in [7, 11) is 0. The molecule has 1 aliphatic rings. The third kappa shape index (κ3) is 6.01. The van der Waals surface area contributed by atoms with Crippen molar-refractivity contribution in [3.63, 3.8) is 0 Å². The van der Waals surface area contributed by atoms with E-state index in [9.17, 15) is 19.5 Å². The average Bonchev–Trinajstić information content (AvgIpc) is 2.63. The molecule has 9 nitrogen and oxygen atoms in total. The van der Waals surface area contributed by atoms with Gasteiger partial charge in [0.15, 0.2) is 18.5 Å². The Kier molecular flexibility index (Phi) is 7.91. The highest BCUT2D eigenvalue weighted by molar-refractivity contribution is 5.73. The fraction of sp³-hybridized carbons (Fsp3) is 0.526. The van der Waals surface area contributed by atoms with Crippen LogP contribution in [-0.4, -0.2) is 60.2 Å². The molecule has 0 saturated carbocycles. The van der Waals surface area contributed by atoms with E-state index >= 15 is 0 Å². The quantitative estimate of drug-likeness (QED) is 0.632. The van der Waals surface area contributed by atoms with Crippen LogP contribution in [0.1, 0.15) is 26.3 Å². The fourth-order valence-corrected chi connectivity index (χ4v) is 3.00. The highest BCUT2D eigenvalue weighted by atomic mass is 16.7. The summed E-state index contributed by atoms with van der Waals surface area (Å²) in [6.07, 6.45) is -4.26. The van der Waals surface area contributed by atoms with Gasteiger partial charge in [0.05, 0.1) is 13.2 Å². The summed E-state index contributed by atoms with van der Waals surface area (Å²) in [4.78, 5) is 34.9. The number of nitrogens with one attached hydrogen (secondary N) is 1. The summed E-state index contributed by atoms with van der Waals surface area (Å²) in [5, 5.41) is 12.3. The Morgan fingerprint density at radius 1 is 1.04 bits per heavy atom. The van der Waals surface area contributed by atoms with E-state index < -0.39 is 55.1 Å². The van der Waals surface area contributed by atoms with Crippen LogP contribution in [0.4, 0.5) is 0 Å². The zero-order valence-corrected chi connectivity index (χ0v) is 16.0. The maximum atomic E-state index is 11.7. The van der Waals surface area contributed by atoms with E-state index in [2.05, 4.69) is 5.32 Å². The van der Waals surface area contributed by atoms with Crippen molar-refractivity contribution in [3.05, 3.63) is 35.9 Å². The lowest BCUT2D eigenvalue weighted by Gasteiger charge is -2.44. The normalized spacial score (nSPS) is 26.9. The smallest absolute Gasteiger partial charge is 0.303 e. The van der Waals surface area contributed by atoms with E-state index in [-0.39, 0.29) is 6.61 Å². The molecule has 2 N–H and O–H groups in total. The van der Waals surface area contributed by atoms with Crippen molar-refractivity contribution < 1.29 is 38.4 Å². The van der Waals surface area contributed by atoms with Crippen molar-refractivity contribution in [2.45, 2.75) is 58.0 Å². The Labute approximate surface area is 162 Å². The van der Waals surface area contributed by atoms with E-state index in [0.29, 0.717) is 0 Å². The highest BCUT2D eigenvalue weighted by Crippen LogP contribution is 2.28. The number of esters is 2. The van der Waals surface area contributed by atoms with Gasteiger partial charge in [-0.25, -0.2) is 0 Å². The number of aliphatic hydroxyl groups excluding tert-OH is 1. The molecule has 0 aromatic heterocycles. The van der Waals surface area contributed by atoms with Gasteiger partial charge >= 0.3 is 11.9 Å². The van der Waals surface area contributed by atoms with Crippen LogP contribution in [0.25, 0.3) is 0 Å². The Morgan fingerprint density at radius 2 is 1.64 bits per heavy atom. The predicted molar refractivity (Wildman–Crippen MR) is 95.7 cm³/mol. The molecule has 0 radical (unpaired) electrons. The zero-order valence-electron chi connectivity index (χ0n) is 16.0. The van der Waals surface area contributed by atoms with Crippen LogP contribution in [0.15, 0.2) is 30.3 Å². The van der Waals surface area contributed by atoms with Gasteiger partial charge in [0.2, 0.25) is 5.91 Å². The van der Waals surface area contributed by atoms with Crippen LogP contribution in [-0.2, 0) is 39.9 Å². The van der Waals surface area contributed by atoms with Crippen molar-refractivity contribution in [3.8, 4) is 0 Å². The maximum Gasteiger partial charge on any atom is 0.303 e. The van der Waals surface area contributed by atoms with Crippen LogP contribution < -0.4 is 5.32 Å². The van der Waals surface area contributed by atoms with Gasteiger partial charge in [-0.3, -0.25) is 14.4 Å². The van der Waals surface area contributed by atoms with E-state index in [1.807, 2.05) is 30.3 Å². The molecule has 0 bridgehead atoms. The summed E-state index contributed by atoms with van der Waals surface area (Å²) in [6.45, 7) is 3.32. The molecule has 2 rings (SSSR count). The number of amides is 1. The van der Waals surface area contributed by atoms with Crippen molar-refractivity contribution in [2.24, 2.45) is 0 Å². The molecular formula is C19H25NO8. The minimum atomic E-state index is -1.11. The van der Waals surface area contributed by atoms with Crippen molar-refractivity contribution in [1.29, 1.82) is 0 Å². The van der Waals surface area contributed by atoms with Crippen molar-refractivity contribution in [2.75, 3.05) is 6.61 Å². The Morgan fingerprint density at radius 3 is 2.18 bits per heavy atom. The van der Waals surface area contributed by atoms with Crippen LogP contribution in [0.2, 0.25) is 0 Å². The lowest BCUT2D eigenvalue weighted by Crippen LogP contribution is -2.66. The molecule has 5 atom stereocenters. The minimum absolute atomic E-state index is 0.158. The maximum absolute atomic E-state index is 11.7. The molecule has 1 aromatic carbocycles. The molecule has 9 heteroatoms. The number of aliphatic hydroxyl groups is 1. The second-order valence-electron chi connectivity index (χ2n) is 6.40. The van der Waals surface area contributed by atoms with Crippen molar-refractivity contribution in [1.82, 2.24) is 5.32 Å². The molecule has 1 aliphatic heterocycles. The van der Waals surface area contributed by atoms with E-state index in [0.717, 1.165) is 5.56 Å². The van der Waals surface area contributed by atoms with Crippen LogP contribution in [0.5, 0.6) is 0 Å². The second-order valence-corrected chi connectivity index (χ2v) is 6.40. The molecule has 28 heavy (non-hydrogen) atoms. The van der Waals surface area contributed by atoms with Gasteiger partial charge in [-0.05, 0) is 5.56 Å². The first-order valence-corrected chi connectivity index (χ1v) is 8.85. The molecule has 1 amide bonds. The van der Waals surface area contributed by atoms with E-state index in [4.69, 9.17) is 18.9 Å². The molecule has 154 valence electrons. The number of hydrogen-bond donors (Lipinski definition) is 2.